The van der Waals surface area contributed by atoms with E-state index in [1.165, 1.54) is 0 Å². The van der Waals surface area contributed by atoms with Gasteiger partial charge in [0.15, 0.2) is 0 Å². The van der Waals surface area contributed by atoms with Crippen molar-refractivity contribution in [1.29, 1.82) is 5.26 Å². The van der Waals surface area contributed by atoms with Crippen molar-refractivity contribution in [2.75, 3.05) is 7.05 Å². The first-order valence-electron chi connectivity index (χ1n) is 3.97. The van der Waals surface area contributed by atoms with Crippen LogP contribution >= 0.6 is 27.3 Å². The van der Waals surface area contributed by atoms with Crippen molar-refractivity contribution in [3.05, 3.63) is 20.8 Å². The number of hydrogen-bond acceptors (Lipinski definition) is 3. The molecule has 0 spiro atoms. The van der Waals surface area contributed by atoms with E-state index in [0.717, 1.165) is 9.35 Å². The standard InChI is InChI=1S/C9H9BrN2OS/c1-12(9(13)2-3-11)5-8-4-7(10)6-14-8/h4,6H,2,5H2,1H3. The average molecular weight is 273 g/mol. The van der Waals surface area contributed by atoms with Crippen molar-refractivity contribution in [1.82, 2.24) is 4.90 Å². The second-order valence-corrected chi connectivity index (χ2v) is 4.73. The predicted octanol–water partition coefficient (Wildman–Crippen LogP) is 2.38. The van der Waals surface area contributed by atoms with Gasteiger partial charge in [0.05, 0.1) is 12.6 Å². The molecule has 0 radical (unpaired) electrons. The van der Waals surface area contributed by atoms with E-state index in [-0.39, 0.29) is 12.3 Å². The van der Waals surface area contributed by atoms with E-state index in [1.807, 2.05) is 17.5 Å². The lowest BCUT2D eigenvalue weighted by atomic mass is 10.3. The molecule has 0 aromatic carbocycles. The molecule has 1 aromatic rings. The maximum Gasteiger partial charge on any atom is 0.236 e. The Balaban J connectivity index is 2.53. The fourth-order valence-corrected chi connectivity index (χ4v) is 2.46. The number of hydrogen-bond donors (Lipinski definition) is 0. The summed E-state index contributed by atoms with van der Waals surface area (Å²) in [4.78, 5) is 13.9. The zero-order chi connectivity index (χ0) is 10.6. The molecule has 0 fully saturated rings. The number of nitrogens with zero attached hydrogens (tertiary/aromatic N) is 2. The molecule has 74 valence electrons. The highest BCUT2D eigenvalue weighted by molar-refractivity contribution is 9.10. The molecule has 14 heavy (non-hydrogen) atoms. The molecule has 0 saturated heterocycles. The normalized spacial score (nSPS) is 9.50. The van der Waals surface area contributed by atoms with E-state index in [0.29, 0.717) is 6.54 Å². The second-order valence-electron chi connectivity index (χ2n) is 2.82. The van der Waals surface area contributed by atoms with Crippen LogP contribution in [0.2, 0.25) is 0 Å². The minimum Gasteiger partial charge on any atom is -0.340 e. The van der Waals surface area contributed by atoms with Gasteiger partial charge in [0.25, 0.3) is 0 Å². The monoisotopic (exact) mass is 272 g/mol. The summed E-state index contributed by atoms with van der Waals surface area (Å²) in [6.45, 7) is 0.566. The van der Waals surface area contributed by atoms with Gasteiger partial charge in [-0.2, -0.15) is 5.26 Å². The lowest BCUT2D eigenvalue weighted by Gasteiger charge is -2.13. The summed E-state index contributed by atoms with van der Waals surface area (Å²) in [5.41, 5.74) is 0. The first kappa shape index (κ1) is 11.2. The van der Waals surface area contributed by atoms with E-state index in [1.54, 1.807) is 23.3 Å². The minimum atomic E-state index is -0.142. The van der Waals surface area contributed by atoms with Crippen molar-refractivity contribution in [3.8, 4) is 6.07 Å². The zero-order valence-electron chi connectivity index (χ0n) is 7.66. The molecule has 1 rings (SSSR count). The molecule has 0 atom stereocenters. The lowest BCUT2D eigenvalue weighted by molar-refractivity contribution is -0.129. The zero-order valence-corrected chi connectivity index (χ0v) is 10.1. The molecule has 1 amide bonds. The van der Waals surface area contributed by atoms with Gasteiger partial charge in [0, 0.05) is 21.8 Å². The Morgan fingerprint density at radius 3 is 3.00 bits per heavy atom. The molecule has 1 heterocycles. The average Bonchev–Trinajstić information content (AvgIpc) is 2.51. The first-order valence-corrected chi connectivity index (χ1v) is 5.64. The third-order valence-electron chi connectivity index (χ3n) is 1.67. The summed E-state index contributed by atoms with van der Waals surface area (Å²) < 4.78 is 1.03. The van der Waals surface area contributed by atoms with Crippen LogP contribution in [0.1, 0.15) is 11.3 Å². The third-order valence-corrected chi connectivity index (χ3v) is 3.35. The van der Waals surface area contributed by atoms with Crippen LogP contribution in [0.4, 0.5) is 0 Å². The number of halogens is 1. The summed E-state index contributed by atoms with van der Waals surface area (Å²) in [6, 6.07) is 3.82. The molecule has 0 aliphatic heterocycles. The van der Waals surface area contributed by atoms with Crippen LogP contribution in [0.3, 0.4) is 0 Å². The van der Waals surface area contributed by atoms with Crippen LogP contribution in [0, 0.1) is 11.3 Å². The molecule has 0 unspecified atom stereocenters. The SMILES string of the molecule is CN(Cc1cc(Br)cs1)C(=O)CC#N. The molecule has 0 N–H and O–H groups in total. The largest absolute Gasteiger partial charge is 0.340 e. The van der Waals surface area contributed by atoms with Gasteiger partial charge in [-0.1, -0.05) is 0 Å². The molecule has 0 aliphatic carbocycles. The Bertz CT molecular complexity index is 369. The lowest BCUT2D eigenvalue weighted by Crippen LogP contribution is -2.24. The van der Waals surface area contributed by atoms with Gasteiger partial charge in [-0.15, -0.1) is 11.3 Å². The van der Waals surface area contributed by atoms with Gasteiger partial charge >= 0.3 is 0 Å². The highest BCUT2D eigenvalue weighted by atomic mass is 79.9. The Morgan fingerprint density at radius 2 is 2.50 bits per heavy atom. The Morgan fingerprint density at radius 1 is 1.79 bits per heavy atom. The van der Waals surface area contributed by atoms with Crippen molar-refractivity contribution >= 4 is 33.2 Å². The van der Waals surface area contributed by atoms with Crippen LogP contribution in [0.25, 0.3) is 0 Å². The topological polar surface area (TPSA) is 44.1 Å². The quantitative estimate of drug-likeness (QED) is 0.848. The van der Waals surface area contributed by atoms with E-state index in [4.69, 9.17) is 5.26 Å². The molecule has 0 saturated carbocycles. The van der Waals surface area contributed by atoms with Crippen LogP contribution in [-0.2, 0) is 11.3 Å². The first-order chi connectivity index (χ1) is 6.63. The summed E-state index contributed by atoms with van der Waals surface area (Å²) in [5, 5.41) is 10.3. The maximum absolute atomic E-state index is 11.3. The van der Waals surface area contributed by atoms with Crippen LogP contribution in [0.15, 0.2) is 15.9 Å². The fourth-order valence-electron chi connectivity index (χ4n) is 0.961. The molecule has 1 aromatic heterocycles. The number of nitriles is 1. The number of carbonyl (C=O) groups excluding carboxylic acids is 1. The van der Waals surface area contributed by atoms with Gasteiger partial charge in [-0.05, 0) is 22.0 Å². The molecule has 5 heteroatoms. The van der Waals surface area contributed by atoms with Gasteiger partial charge in [0.1, 0.15) is 6.42 Å². The van der Waals surface area contributed by atoms with Crippen molar-refractivity contribution in [2.45, 2.75) is 13.0 Å². The molecular weight excluding hydrogens is 264 g/mol. The smallest absolute Gasteiger partial charge is 0.236 e. The number of rotatable bonds is 3. The van der Waals surface area contributed by atoms with Gasteiger partial charge in [0.2, 0.25) is 5.91 Å². The summed E-state index contributed by atoms with van der Waals surface area (Å²) in [7, 11) is 1.70. The van der Waals surface area contributed by atoms with E-state index in [2.05, 4.69) is 15.9 Å². The summed E-state index contributed by atoms with van der Waals surface area (Å²) in [6.07, 6.45) is -0.0525. The number of thiophene rings is 1. The summed E-state index contributed by atoms with van der Waals surface area (Å²) in [5.74, 6) is -0.142. The van der Waals surface area contributed by atoms with E-state index in [9.17, 15) is 4.79 Å². The van der Waals surface area contributed by atoms with Crippen molar-refractivity contribution in [3.63, 3.8) is 0 Å². The number of carbonyl (C=O) groups is 1. The minimum absolute atomic E-state index is 0.0525. The van der Waals surface area contributed by atoms with Crippen LogP contribution in [-0.4, -0.2) is 17.9 Å². The molecular formula is C9H9BrN2OS. The Hall–Kier alpha value is -0.860. The summed E-state index contributed by atoms with van der Waals surface area (Å²) >= 11 is 4.93. The van der Waals surface area contributed by atoms with Gasteiger partial charge in [-0.3, -0.25) is 4.79 Å². The number of amides is 1. The highest BCUT2D eigenvalue weighted by Gasteiger charge is 2.09. The predicted molar refractivity (Wildman–Crippen MR) is 58.7 cm³/mol. The third kappa shape index (κ3) is 3.13. The van der Waals surface area contributed by atoms with Gasteiger partial charge in [-0.25, -0.2) is 0 Å². The van der Waals surface area contributed by atoms with Gasteiger partial charge < -0.3 is 4.90 Å². The van der Waals surface area contributed by atoms with Crippen molar-refractivity contribution < 1.29 is 4.79 Å². The van der Waals surface area contributed by atoms with Crippen molar-refractivity contribution in [2.24, 2.45) is 0 Å². The highest BCUT2D eigenvalue weighted by Crippen LogP contribution is 2.20. The molecule has 0 aliphatic rings. The Labute approximate surface area is 95.1 Å². The van der Waals surface area contributed by atoms with Crippen LogP contribution in [0.5, 0.6) is 0 Å². The maximum atomic E-state index is 11.3. The Kier molecular flexibility index (Phi) is 4.11. The van der Waals surface area contributed by atoms with E-state index < -0.39 is 0 Å². The van der Waals surface area contributed by atoms with E-state index >= 15 is 0 Å². The van der Waals surface area contributed by atoms with Crippen LogP contribution < -0.4 is 0 Å². The molecule has 3 nitrogen and oxygen atoms in total. The second kappa shape index (κ2) is 5.13. The molecule has 0 bridgehead atoms. The fraction of sp³-hybridized carbons (Fsp3) is 0.333.